The fourth-order valence-electron chi connectivity index (χ4n) is 3.85. The van der Waals surface area contributed by atoms with Crippen LogP contribution >= 0.6 is 11.8 Å². The maximum Gasteiger partial charge on any atom is 0.254 e. The molecule has 1 N–H and O–H groups in total. The van der Waals surface area contributed by atoms with Gasteiger partial charge >= 0.3 is 0 Å². The maximum absolute atomic E-state index is 13.5. The van der Waals surface area contributed by atoms with Crippen LogP contribution in [0.4, 0.5) is 0 Å². The Kier molecular flexibility index (Phi) is 6.80. The summed E-state index contributed by atoms with van der Waals surface area (Å²) in [7, 11) is 0. The first-order chi connectivity index (χ1) is 15.1. The van der Waals surface area contributed by atoms with Crippen LogP contribution in [0.25, 0.3) is 0 Å². The summed E-state index contributed by atoms with van der Waals surface area (Å²) in [6, 6.07) is 12.0. The Morgan fingerprint density at radius 1 is 1.29 bits per heavy atom. The summed E-state index contributed by atoms with van der Waals surface area (Å²) in [4.78, 5) is 26.7. The van der Waals surface area contributed by atoms with E-state index in [1.807, 2.05) is 36.1 Å². The molecule has 164 valence electrons. The largest absolute Gasteiger partial charge is 0.507 e. The van der Waals surface area contributed by atoms with Crippen molar-refractivity contribution < 1.29 is 28.9 Å². The molecule has 7 nitrogen and oxygen atoms in total. The third kappa shape index (κ3) is 4.71. The number of nitrogens with zero attached hydrogens (tertiary/aromatic N) is 1. The van der Waals surface area contributed by atoms with Gasteiger partial charge in [0.2, 0.25) is 0 Å². The van der Waals surface area contributed by atoms with Gasteiger partial charge in [-0.1, -0.05) is 24.3 Å². The highest BCUT2D eigenvalue weighted by atomic mass is 32.2. The van der Waals surface area contributed by atoms with Gasteiger partial charge in [-0.05, 0) is 30.7 Å². The molecule has 0 bridgehead atoms. The Balaban J connectivity index is 1.52. The first kappa shape index (κ1) is 21.7. The highest BCUT2D eigenvalue weighted by molar-refractivity contribution is 7.99. The van der Waals surface area contributed by atoms with Crippen LogP contribution in [0.2, 0.25) is 0 Å². The van der Waals surface area contributed by atoms with Crippen LogP contribution in [0.5, 0.6) is 11.5 Å². The SMILES string of the molecule is CC1OCC(c2ccccc2C(=O)N2CCSC[C@H]2COc2cccc(O)c2C=O)O1. The zero-order valence-electron chi connectivity index (χ0n) is 17.2. The van der Waals surface area contributed by atoms with Gasteiger partial charge < -0.3 is 24.2 Å². The molecule has 2 aromatic rings. The van der Waals surface area contributed by atoms with E-state index < -0.39 is 0 Å². The molecule has 31 heavy (non-hydrogen) atoms. The molecule has 0 radical (unpaired) electrons. The van der Waals surface area contributed by atoms with Crippen molar-refractivity contribution in [2.24, 2.45) is 0 Å². The normalized spacial score (nSPS) is 23.5. The predicted octanol–water partition coefficient (Wildman–Crippen LogP) is 3.28. The van der Waals surface area contributed by atoms with Gasteiger partial charge in [0.05, 0.1) is 18.2 Å². The second kappa shape index (κ2) is 9.72. The number of phenolic OH excluding ortho intramolecular Hbond substituents is 1. The van der Waals surface area contributed by atoms with Gasteiger partial charge in [0.1, 0.15) is 24.2 Å². The van der Waals surface area contributed by atoms with Gasteiger partial charge in [0.15, 0.2) is 12.6 Å². The minimum absolute atomic E-state index is 0.0702. The quantitative estimate of drug-likeness (QED) is 0.686. The van der Waals surface area contributed by atoms with Gasteiger partial charge in [0, 0.05) is 23.6 Å². The number of thioether (sulfide) groups is 1. The van der Waals surface area contributed by atoms with E-state index >= 15 is 0 Å². The van der Waals surface area contributed by atoms with Crippen molar-refractivity contribution in [2.45, 2.75) is 25.4 Å². The first-order valence-corrected chi connectivity index (χ1v) is 11.4. The zero-order chi connectivity index (χ0) is 21.8. The number of hydrogen-bond donors (Lipinski definition) is 1. The summed E-state index contributed by atoms with van der Waals surface area (Å²) >= 11 is 1.76. The molecule has 2 aromatic carbocycles. The topological polar surface area (TPSA) is 85.3 Å². The third-order valence-electron chi connectivity index (χ3n) is 5.46. The summed E-state index contributed by atoms with van der Waals surface area (Å²) in [5, 5.41) is 9.87. The van der Waals surface area contributed by atoms with Crippen molar-refractivity contribution in [3.63, 3.8) is 0 Å². The molecule has 3 atom stereocenters. The Hall–Kier alpha value is -2.55. The maximum atomic E-state index is 13.5. The number of carbonyl (C=O) groups is 2. The standard InChI is InChI=1S/C23H25NO6S/c1-15-28-13-22(30-15)17-5-2-3-6-18(17)23(27)24-9-10-31-14-16(24)12-29-21-8-4-7-20(26)19(21)11-25/h2-8,11,15-16,22,26H,9-10,12-14H2,1H3/t15?,16-,22?/m1/s1. The number of ether oxygens (including phenoxy) is 3. The summed E-state index contributed by atoms with van der Waals surface area (Å²) < 4.78 is 17.2. The molecular formula is C23H25NO6S. The van der Waals surface area contributed by atoms with Crippen LogP contribution in [0.3, 0.4) is 0 Å². The Labute approximate surface area is 185 Å². The van der Waals surface area contributed by atoms with E-state index in [-0.39, 0.29) is 42.3 Å². The fraction of sp³-hybridized carbons (Fsp3) is 0.391. The average molecular weight is 444 g/mol. The number of aldehydes is 1. The van der Waals surface area contributed by atoms with Gasteiger partial charge in [-0.2, -0.15) is 11.8 Å². The van der Waals surface area contributed by atoms with Gasteiger partial charge in [-0.15, -0.1) is 0 Å². The third-order valence-corrected chi connectivity index (χ3v) is 6.55. The Bertz CT molecular complexity index is 951. The Morgan fingerprint density at radius 2 is 2.13 bits per heavy atom. The van der Waals surface area contributed by atoms with Crippen molar-refractivity contribution >= 4 is 24.0 Å². The number of amides is 1. The summed E-state index contributed by atoms with van der Waals surface area (Å²) in [5.74, 6) is 1.68. The lowest BCUT2D eigenvalue weighted by Crippen LogP contribution is -2.49. The van der Waals surface area contributed by atoms with Crippen LogP contribution in [0.1, 0.15) is 39.3 Å². The molecule has 1 amide bonds. The molecule has 2 saturated heterocycles. The van der Waals surface area contributed by atoms with E-state index in [4.69, 9.17) is 14.2 Å². The first-order valence-electron chi connectivity index (χ1n) is 10.2. The summed E-state index contributed by atoms with van der Waals surface area (Å²) in [6.45, 7) is 3.09. The minimum atomic E-state index is -0.296. The number of aromatic hydroxyl groups is 1. The monoisotopic (exact) mass is 443 g/mol. The molecule has 2 fully saturated rings. The molecule has 0 aromatic heterocycles. The molecule has 4 rings (SSSR count). The van der Waals surface area contributed by atoms with Crippen LogP contribution in [0, 0.1) is 0 Å². The molecule has 0 spiro atoms. The van der Waals surface area contributed by atoms with Crippen LogP contribution in [-0.2, 0) is 9.47 Å². The molecule has 0 aliphatic carbocycles. The van der Waals surface area contributed by atoms with Gasteiger partial charge in [-0.3, -0.25) is 9.59 Å². The summed E-state index contributed by atoms with van der Waals surface area (Å²) in [5.41, 5.74) is 1.54. The second-order valence-electron chi connectivity index (χ2n) is 7.46. The van der Waals surface area contributed by atoms with E-state index in [9.17, 15) is 14.7 Å². The van der Waals surface area contributed by atoms with Gasteiger partial charge in [0.25, 0.3) is 5.91 Å². The van der Waals surface area contributed by atoms with Crippen LogP contribution in [0.15, 0.2) is 42.5 Å². The number of hydrogen-bond acceptors (Lipinski definition) is 7. The number of rotatable bonds is 6. The smallest absolute Gasteiger partial charge is 0.254 e. The Morgan fingerprint density at radius 3 is 2.90 bits per heavy atom. The van der Waals surface area contributed by atoms with Crippen molar-refractivity contribution in [2.75, 3.05) is 31.3 Å². The van der Waals surface area contributed by atoms with Crippen molar-refractivity contribution in [1.29, 1.82) is 0 Å². The van der Waals surface area contributed by atoms with Crippen LogP contribution in [-0.4, -0.2) is 65.8 Å². The molecular weight excluding hydrogens is 418 g/mol. The molecule has 0 saturated carbocycles. The number of carbonyl (C=O) groups excluding carboxylic acids is 2. The predicted molar refractivity (Wildman–Crippen MR) is 117 cm³/mol. The van der Waals surface area contributed by atoms with Crippen molar-refractivity contribution in [3.05, 3.63) is 59.2 Å². The fourth-order valence-corrected chi connectivity index (χ4v) is 4.89. The van der Waals surface area contributed by atoms with E-state index in [1.54, 1.807) is 23.9 Å². The van der Waals surface area contributed by atoms with E-state index in [2.05, 4.69) is 0 Å². The van der Waals surface area contributed by atoms with E-state index in [0.29, 0.717) is 30.8 Å². The minimum Gasteiger partial charge on any atom is -0.507 e. The highest BCUT2D eigenvalue weighted by Crippen LogP contribution is 2.31. The highest BCUT2D eigenvalue weighted by Gasteiger charge is 2.33. The molecule has 8 heteroatoms. The summed E-state index contributed by atoms with van der Waals surface area (Å²) in [6.07, 6.45) is 0.00544. The van der Waals surface area contributed by atoms with E-state index in [1.165, 1.54) is 6.07 Å². The van der Waals surface area contributed by atoms with Crippen molar-refractivity contribution in [1.82, 2.24) is 4.90 Å². The molecule has 2 heterocycles. The number of phenols is 1. The van der Waals surface area contributed by atoms with Gasteiger partial charge in [-0.25, -0.2) is 0 Å². The average Bonchev–Trinajstić information content (AvgIpc) is 3.23. The lowest BCUT2D eigenvalue weighted by molar-refractivity contribution is -0.0428. The molecule has 2 aliphatic rings. The number of benzene rings is 2. The van der Waals surface area contributed by atoms with Crippen molar-refractivity contribution in [3.8, 4) is 11.5 Å². The second-order valence-corrected chi connectivity index (χ2v) is 8.61. The van der Waals surface area contributed by atoms with E-state index in [0.717, 1.165) is 17.1 Å². The molecule has 2 aliphatic heterocycles. The lowest BCUT2D eigenvalue weighted by atomic mass is 10.0. The molecule has 2 unspecified atom stereocenters. The zero-order valence-corrected chi connectivity index (χ0v) is 18.0. The lowest BCUT2D eigenvalue weighted by Gasteiger charge is -2.36. The van der Waals surface area contributed by atoms with Crippen LogP contribution < -0.4 is 4.74 Å².